The summed E-state index contributed by atoms with van der Waals surface area (Å²) in [7, 11) is 2.13. The summed E-state index contributed by atoms with van der Waals surface area (Å²) in [5.74, 6) is 0.839. The summed E-state index contributed by atoms with van der Waals surface area (Å²) in [5.41, 5.74) is 1.85. The van der Waals surface area contributed by atoms with Gasteiger partial charge >= 0.3 is 0 Å². The van der Waals surface area contributed by atoms with Crippen molar-refractivity contribution in [2.75, 3.05) is 44.7 Å². The maximum Gasteiger partial charge on any atom is 0.247 e. The highest BCUT2D eigenvalue weighted by Gasteiger charge is 2.32. The smallest absolute Gasteiger partial charge is 0.247 e. The molecule has 1 atom stereocenters. The second kappa shape index (κ2) is 9.92. The number of carbonyl (C=O) groups is 2. The molecule has 0 bridgehead atoms. The summed E-state index contributed by atoms with van der Waals surface area (Å²) < 4.78 is 0. The lowest BCUT2D eigenvalue weighted by Gasteiger charge is -2.35. The Balaban J connectivity index is 1.50. The number of benzene rings is 1. The van der Waals surface area contributed by atoms with E-state index in [1.54, 1.807) is 11.1 Å². The number of nitrogens with zero attached hydrogens (tertiary/aromatic N) is 4. The predicted octanol–water partition coefficient (Wildman–Crippen LogP) is 2.20. The predicted molar refractivity (Wildman–Crippen MR) is 121 cm³/mol. The first-order valence-corrected chi connectivity index (χ1v) is 11.1. The number of likely N-dealkylation sites (tertiary alicyclic amines) is 1. The zero-order chi connectivity index (χ0) is 21.6. The Hall–Kier alpha value is -2.93. The summed E-state index contributed by atoms with van der Waals surface area (Å²) in [6, 6.07) is 12.9. The zero-order valence-electron chi connectivity index (χ0n) is 18.2. The average molecular weight is 422 g/mol. The highest BCUT2D eigenvalue weighted by atomic mass is 16.2. The first-order valence-electron chi connectivity index (χ1n) is 11.1. The van der Waals surface area contributed by atoms with Gasteiger partial charge < -0.3 is 20.0 Å². The van der Waals surface area contributed by atoms with E-state index in [0.717, 1.165) is 56.0 Å². The molecule has 1 aromatic heterocycles. The lowest BCUT2D eigenvalue weighted by atomic mass is 10.0. The third-order valence-corrected chi connectivity index (χ3v) is 6.16. The molecule has 2 aliphatic heterocycles. The van der Waals surface area contributed by atoms with Crippen molar-refractivity contribution in [1.29, 1.82) is 0 Å². The van der Waals surface area contributed by atoms with Crippen LogP contribution in [0, 0.1) is 0 Å². The zero-order valence-corrected chi connectivity index (χ0v) is 18.2. The van der Waals surface area contributed by atoms with Gasteiger partial charge in [0.05, 0.1) is 0 Å². The maximum absolute atomic E-state index is 13.3. The van der Waals surface area contributed by atoms with E-state index in [4.69, 9.17) is 0 Å². The number of anilines is 1. The average Bonchev–Trinajstić information content (AvgIpc) is 2.81. The van der Waals surface area contributed by atoms with Crippen molar-refractivity contribution in [3.8, 4) is 0 Å². The first-order chi connectivity index (χ1) is 15.1. The van der Waals surface area contributed by atoms with Crippen LogP contribution in [0.25, 0.3) is 0 Å². The van der Waals surface area contributed by atoms with E-state index < -0.39 is 6.04 Å². The second-order valence-electron chi connectivity index (χ2n) is 8.35. The van der Waals surface area contributed by atoms with Crippen LogP contribution < -0.4 is 10.2 Å². The summed E-state index contributed by atoms with van der Waals surface area (Å²) in [6.07, 6.45) is 4.13. The van der Waals surface area contributed by atoms with E-state index in [-0.39, 0.29) is 11.8 Å². The number of piperidine rings is 1. The van der Waals surface area contributed by atoms with Crippen molar-refractivity contribution in [1.82, 2.24) is 20.1 Å². The number of hydrogen-bond acceptors (Lipinski definition) is 5. The number of nitrogens with one attached hydrogen (secondary N) is 1. The molecule has 0 spiro atoms. The number of rotatable bonds is 6. The van der Waals surface area contributed by atoms with Gasteiger partial charge in [0.25, 0.3) is 0 Å². The topological polar surface area (TPSA) is 68.8 Å². The molecular formula is C24H31N5O2. The molecule has 3 heterocycles. The molecule has 2 aromatic rings. The van der Waals surface area contributed by atoms with Crippen LogP contribution >= 0.6 is 0 Å². The summed E-state index contributed by atoms with van der Waals surface area (Å²) >= 11 is 0. The largest absolute Gasteiger partial charge is 0.354 e. The van der Waals surface area contributed by atoms with Crippen LogP contribution in [0.15, 0.2) is 48.7 Å². The number of carbonyl (C=O) groups excluding carboxylic acids is 2. The Morgan fingerprint density at radius 3 is 2.55 bits per heavy atom. The minimum absolute atomic E-state index is 0.0507. The minimum atomic E-state index is -0.599. The van der Waals surface area contributed by atoms with Gasteiger partial charge in [-0.15, -0.1) is 0 Å². The Bertz CT molecular complexity index is 896. The van der Waals surface area contributed by atoms with Crippen LogP contribution in [-0.4, -0.2) is 66.4 Å². The molecule has 2 aliphatic rings. The molecule has 0 radical (unpaired) electrons. The fraction of sp³-hybridized carbons (Fsp3) is 0.458. The molecule has 164 valence electrons. The van der Waals surface area contributed by atoms with E-state index in [0.29, 0.717) is 19.5 Å². The molecule has 4 rings (SSSR count). The van der Waals surface area contributed by atoms with Crippen LogP contribution in [0.5, 0.6) is 0 Å². The molecule has 1 aromatic carbocycles. The number of piperazine rings is 1. The lowest BCUT2D eigenvalue weighted by Crippen LogP contribution is -2.46. The highest BCUT2D eigenvalue weighted by molar-refractivity contribution is 5.89. The second-order valence-corrected chi connectivity index (χ2v) is 8.35. The van der Waals surface area contributed by atoms with Gasteiger partial charge in [0.2, 0.25) is 11.8 Å². The van der Waals surface area contributed by atoms with E-state index in [1.165, 1.54) is 0 Å². The van der Waals surface area contributed by atoms with Crippen LogP contribution in [0.2, 0.25) is 0 Å². The van der Waals surface area contributed by atoms with Gasteiger partial charge in [-0.2, -0.15) is 0 Å². The Labute approximate surface area is 184 Å². The number of amides is 2. The van der Waals surface area contributed by atoms with Gasteiger partial charge in [-0.1, -0.05) is 36.4 Å². The fourth-order valence-electron chi connectivity index (χ4n) is 4.36. The molecule has 0 aliphatic carbocycles. The van der Waals surface area contributed by atoms with Gasteiger partial charge in [-0.05, 0) is 31.5 Å². The van der Waals surface area contributed by atoms with E-state index in [2.05, 4.69) is 27.1 Å². The van der Waals surface area contributed by atoms with Crippen molar-refractivity contribution in [2.45, 2.75) is 31.8 Å². The molecule has 1 N–H and O–H groups in total. The van der Waals surface area contributed by atoms with E-state index >= 15 is 0 Å². The quantitative estimate of drug-likeness (QED) is 0.775. The molecule has 2 saturated heterocycles. The van der Waals surface area contributed by atoms with Gasteiger partial charge in [0, 0.05) is 57.4 Å². The molecule has 1 unspecified atom stereocenters. The number of hydrogen-bond donors (Lipinski definition) is 1. The molecule has 31 heavy (non-hydrogen) atoms. The summed E-state index contributed by atoms with van der Waals surface area (Å²) in [5, 5.41) is 3.09. The van der Waals surface area contributed by atoms with Crippen molar-refractivity contribution in [2.24, 2.45) is 0 Å². The molecular weight excluding hydrogens is 390 g/mol. The number of aromatic nitrogens is 1. The molecule has 2 amide bonds. The van der Waals surface area contributed by atoms with E-state index in [1.807, 2.05) is 42.5 Å². The van der Waals surface area contributed by atoms with Crippen molar-refractivity contribution < 1.29 is 9.59 Å². The van der Waals surface area contributed by atoms with Crippen LogP contribution in [0.1, 0.15) is 36.4 Å². The maximum atomic E-state index is 13.3. The highest BCUT2D eigenvalue weighted by Crippen LogP contribution is 2.26. The Morgan fingerprint density at radius 1 is 1.03 bits per heavy atom. The lowest BCUT2D eigenvalue weighted by molar-refractivity contribution is -0.142. The number of likely N-dealkylation sites (N-methyl/N-ethyl adjacent to an activating group) is 1. The number of pyridine rings is 1. The van der Waals surface area contributed by atoms with Gasteiger partial charge in [-0.3, -0.25) is 9.59 Å². The van der Waals surface area contributed by atoms with Crippen molar-refractivity contribution in [3.05, 3.63) is 59.8 Å². The fourth-order valence-corrected chi connectivity index (χ4v) is 4.36. The van der Waals surface area contributed by atoms with Crippen LogP contribution in [-0.2, 0) is 16.1 Å². The minimum Gasteiger partial charge on any atom is -0.354 e. The van der Waals surface area contributed by atoms with Gasteiger partial charge in [-0.25, -0.2) is 4.98 Å². The monoisotopic (exact) mass is 421 g/mol. The summed E-state index contributed by atoms with van der Waals surface area (Å²) in [6.45, 7) is 4.84. The van der Waals surface area contributed by atoms with Crippen molar-refractivity contribution >= 4 is 17.6 Å². The molecule has 7 nitrogen and oxygen atoms in total. The standard InChI is InChI=1S/C24H31N5O2/c1-27-14-16-28(17-15-27)23-20(10-7-12-25-23)18-26-24(31)22(19-8-3-2-4-9-19)29-13-6-5-11-21(29)30/h2-4,7-10,12,22H,5-6,11,13-18H2,1H3,(H,26,31). The SMILES string of the molecule is CN1CCN(c2ncccc2CNC(=O)C(c2ccccc2)N2CCCCC2=O)CC1. The third-order valence-electron chi connectivity index (χ3n) is 6.16. The van der Waals surface area contributed by atoms with Crippen LogP contribution in [0.3, 0.4) is 0 Å². The Kier molecular flexibility index (Phi) is 6.82. The molecule has 7 heteroatoms. The Morgan fingerprint density at radius 2 is 1.81 bits per heavy atom. The van der Waals surface area contributed by atoms with Crippen molar-refractivity contribution in [3.63, 3.8) is 0 Å². The van der Waals surface area contributed by atoms with Gasteiger partial charge in [0.1, 0.15) is 11.9 Å². The van der Waals surface area contributed by atoms with E-state index in [9.17, 15) is 9.59 Å². The van der Waals surface area contributed by atoms with Crippen LogP contribution in [0.4, 0.5) is 5.82 Å². The molecule has 0 saturated carbocycles. The molecule has 2 fully saturated rings. The normalized spacial score (nSPS) is 18.7. The first kappa shape index (κ1) is 21.3. The summed E-state index contributed by atoms with van der Waals surface area (Å²) in [4.78, 5) is 36.9. The van der Waals surface area contributed by atoms with Gasteiger partial charge in [0.15, 0.2) is 0 Å². The third kappa shape index (κ3) is 5.05.